The molecule has 2 rings (SSSR count). The van der Waals surface area contributed by atoms with Crippen molar-refractivity contribution in [3.05, 3.63) is 62.5 Å². The van der Waals surface area contributed by atoms with Crippen LogP contribution in [-0.4, -0.2) is 12.2 Å². The maximum atomic E-state index is 10.6. The molecule has 0 aliphatic rings. The number of amides is 2. The third-order valence-electron chi connectivity index (χ3n) is 2.64. The molecule has 0 spiro atoms. The molecule has 0 fully saturated rings. The second kappa shape index (κ2) is 7.95. The lowest BCUT2D eigenvalue weighted by Crippen LogP contribution is -2.24. The number of ether oxygens (including phenoxy) is 1. The van der Waals surface area contributed by atoms with E-state index in [1.165, 1.54) is 6.21 Å². The van der Waals surface area contributed by atoms with Gasteiger partial charge in [-0.3, -0.25) is 0 Å². The number of hydrazone groups is 1. The number of nitrogens with two attached hydrogens (primary N) is 1. The highest BCUT2D eigenvalue weighted by Gasteiger charge is 2.02. The minimum Gasteiger partial charge on any atom is -0.489 e. The predicted octanol–water partition coefficient (Wildman–Crippen LogP) is 3.79. The summed E-state index contributed by atoms with van der Waals surface area (Å²) < 4.78 is 7.59. The zero-order valence-electron chi connectivity index (χ0n) is 11.4. The van der Waals surface area contributed by atoms with Gasteiger partial charge in [0.25, 0.3) is 0 Å². The van der Waals surface area contributed by atoms with Gasteiger partial charge in [-0.15, -0.1) is 0 Å². The summed E-state index contributed by atoms with van der Waals surface area (Å²) in [7, 11) is 0. The SMILES string of the molecule is NC(=O)N/N=C/c1cc(OCc2cccc(Br)c2)ccc1Br. The number of nitrogens with zero attached hydrogens (tertiary/aromatic N) is 1. The molecule has 0 aliphatic heterocycles. The van der Waals surface area contributed by atoms with E-state index in [1.807, 2.05) is 42.5 Å². The molecular weight excluding hydrogens is 414 g/mol. The number of carbonyl (C=O) groups excluding carboxylic acids is 1. The molecule has 114 valence electrons. The summed E-state index contributed by atoms with van der Waals surface area (Å²) in [6.07, 6.45) is 1.49. The van der Waals surface area contributed by atoms with E-state index in [-0.39, 0.29) is 0 Å². The molecule has 0 aliphatic carbocycles. The van der Waals surface area contributed by atoms with Crippen LogP contribution in [0.3, 0.4) is 0 Å². The summed E-state index contributed by atoms with van der Waals surface area (Å²) in [5.74, 6) is 0.698. The smallest absolute Gasteiger partial charge is 0.332 e. The average Bonchev–Trinajstić information content (AvgIpc) is 2.47. The van der Waals surface area contributed by atoms with Gasteiger partial charge >= 0.3 is 6.03 Å². The van der Waals surface area contributed by atoms with E-state index >= 15 is 0 Å². The number of nitrogens with one attached hydrogen (secondary N) is 1. The number of carbonyl (C=O) groups is 1. The second-order valence-electron chi connectivity index (χ2n) is 4.34. The summed E-state index contributed by atoms with van der Waals surface area (Å²) in [6.45, 7) is 0.456. The second-order valence-corrected chi connectivity index (χ2v) is 6.11. The van der Waals surface area contributed by atoms with Gasteiger partial charge in [0.15, 0.2) is 0 Å². The van der Waals surface area contributed by atoms with Crippen molar-refractivity contribution in [2.75, 3.05) is 0 Å². The van der Waals surface area contributed by atoms with E-state index in [4.69, 9.17) is 10.5 Å². The van der Waals surface area contributed by atoms with E-state index in [0.717, 1.165) is 20.1 Å². The van der Waals surface area contributed by atoms with Crippen LogP contribution >= 0.6 is 31.9 Å². The zero-order chi connectivity index (χ0) is 15.9. The van der Waals surface area contributed by atoms with Crippen LogP contribution in [0.1, 0.15) is 11.1 Å². The van der Waals surface area contributed by atoms with Crippen LogP contribution in [-0.2, 0) is 6.61 Å². The lowest BCUT2D eigenvalue weighted by Gasteiger charge is -2.08. The molecule has 0 aromatic heterocycles. The Kier molecular flexibility index (Phi) is 5.97. The quantitative estimate of drug-likeness (QED) is 0.563. The van der Waals surface area contributed by atoms with Crippen LogP contribution in [0.15, 0.2) is 56.5 Å². The number of benzene rings is 2. The summed E-state index contributed by atoms with van der Waals surface area (Å²) in [6, 6.07) is 12.7. The van der Waals surface area contributed by atoms with Gasteiger partial charge in [0.1, 0.15) is 12.4 Å². The Morgan fingerprint density at radius 3 is 2.82 bits per heavy atom. The third kappa shape index (κ3) is 5.16. The van der Waals surface area contributed by atoms with Crippen LogP contribution in [0.25, 0.3) is 0 Å². The van der Waals surface area contributed by atoms with Gasteiger partial charge in [-0.2, -0.15) is 5.10 Å². The number of urea groups is 1. The van der Waals surface area contributed by atoms with Crippen molar-refractivity contribution < 1.29 is 9.53 Å². The number of rotatable bonds is 5. The normalized spacial score (nSPS) is 10.6. The van der Waals surface area contributed by atoms with Gasteiger partial charge in [-0.25, -0.2) is 10.2 Å². The van der Waals surface area contributed by atoms with Crippen molar-refractivity contribution in [1.29, 1.82) is 0 Å². The lowest BCUT2D eigenvalue weighted by atomic mass is 10.2. The van der Waals surface area contributed by atoms with Crippen molar-refractivity contribution in [2.45, 2.75) is 6.61 Å². The van der Waals surface area contributed by atoms with Crippen molar-refractivity contribution in [1.82, 2.24) is 5.43 Å². The molecule has 0 atom stereocenters. The molecule has 2 aromatic carbocycles. The molecule has 0 radical (unpaired) electrons. The Bertz CT molecular complexity index is 705. The standard InChI is InChI=1S/C15H13Br2N3O2/c16-12-3-1-2-10(6-12)9-22-13-4-5-14(17)11(7-13)8-19-20-15(18)21/h1-8H,9H2,(H3,18,20,21)/b19-8+. The van der Waals surface area contributed by atoms with Crippen LogP contribution < -0.4 is 15.9 Å². The zero-order valence-corrected chi connectivity index (χ0v) is 14.6. The minimum atomic E-state index is -0.713. The first-order chi connectivity index (χ1) is 10.5. The predicted molar refractivity (Wildman–Crippen MR) is 92.9 cm³/mol. The molecule has 22 heavy (non-hydrogen) atoms. The van der Waals surface area contributed by atoms with E-state index in [2.05, 4.69) is 42.4 Å². The Morgan fingerprint density at radius 2 is 2.09 bits per heavy atom. The summed E-state index contributed by atoms with van der Waals surface area (Å²) in [5, 5.41) is 3.73. The molecule has 2 aromatic rings. The van der Waals surface area contributed by atoms with Gasteiger partial charge in [-0.1, -0.05) is 44.0 Å². The van der Waals surface area contributed by atoms with Crippen LogP contribution in [0, 0.1) is 0 Å². The first kappa shape index (κ1) is 16.5. The Hall–Kier alpha value is -1.86. The number of hydrogen-bond donors (Lipinski definition) is 2. The fraction of sp³-hybridized carbons (Fsp3) is 0.0667. The molecule has 5 nitrogen and oxygen atoms in total. The lowest BCUT2D eigenvalue weighted by molar-refractivity contribution is 0.249. The minimum absolute atomic E-state index is 0.456. The highest BCUT2D eigenvalue weighted by molar-refractivity contribution is 9.10. The number of primary amides is 1. The average molecular weight is 427 g/mol. The van der Waals surface area contributed by atoms with E-state index in [0.29, 0.717) is 12.4 Å². The first-order valence-electron chi connectivity index (χ1n) is 6.30. The molecule has 3 N–H and O–H groups in total. The summed E-state index contributed by atoms with van der Waals surface area (Å²) >= 11 is 6.83. The maximum absolute atomic E-state index is 10.6. The summed E-state index contributed by atoms with van der Waals surface area (Å²) in [4.78, 5) is 10.6. The fourth-order valence-electron chi connectivity index (χ4n) is 1.67. The van der Waals surface area contributed by atoms with Crippen molar-refractivity contribution in [3.63, 3.8) is 0 Å². The van der Waals surface area contributed by atoms with Gasteiger partial charge in [0.2, 0.25) is 0 Å². The van der Waals surface area contributed by atoms with Crippen LogP contribution in [0.4, 0.5) is 4.79 Å². The molecule has 7 heteroatoms. The molecule has 2 amide bonds. The monoisotopic (exact) mass is 425 g/mol. The Balaban J connectivity index is 2.05. The van der Waals surface area contributed by atoms with Crippen LogP contribution in [0.5, 0.6) is 5.75 Å². The van der Waals surface area contributed by atoms with Gasteiger partial charge in [0.05, 0.1) is 6.21 Å². The summed E-state index contributed by atoms with van der Waals surface area (Å²) in [5.41, 5.74) is 8.91. The Labute approximate surface area is 144 Å². The molecule has 0 unspecified atom stereocenters. The van der Waals surface area contributed by atoms with Gasteiger partial charge < -0.3 is 10.5 Å². The number of hydrogen-bond acceptors (Lipinski definition) is 3. The number of halogens is 2. The fourth-order valence-corrected chi connectivity index (χ4v) is 2.47. The topological polar surface area (TPSA) is 76.7 Å². The molecule has 0 saturated heterocycles. The highest BCUT2D eigenvalue weighted by atomic mass is 79.9. The molecule has 0 bridgehead atoms. The third-order valence-corrected chi connectivity index (χ3v) is 3.86. The van der Waals surface area contributed by atoms with Gasteiger partial charge in [-0.05, 0) is 35.9 Å². The van der Waals surface area contributed by atoms with Gasteiger partial charge in [0, 0.05) is 14.5 Å². The van der Waals surface area contributed by atoms with Crippen molar-refractivity contribution >= 4 is 44.1 Å². The molecular formula is C15H13Br2N3O2. The first-order valence-corrected chi connectivity index (χ1v) is 7.88. The van der Waals surface area contributed by atoms with Crippen molar-refractivity contribution in [3.8, 4) is 5.75 Å². The largest absolute Gasteiger partial charge is 0.489 e. The maximum Gasteiger partial charge on any atom is 0.332 e. The van der Waals surface area contributed by atoms with Crippen LogP contribution in [0.2, 0.25) is 0 Å². The molecule has 0 saturated carbocycles. The Morgan fingerprint density at radius 1 is 1.27 bits per heavy atom. The van der Waals surface area contributed by atoms with E-state index < -0.39 is 6.03 Å². The van der Waals surface area contributed by atoms with Crippen molar-refractivity contribution in [2.24, 2.45) is 10.8 Å². The van der Waals surface area contributed by atoms with E-state index in [9.17, 15) is 4.79 Å². The van der Waals surface area contributed by atoms with E-state index in [1.54, 1.807) is 0 Å². The highest BCUT2D eigenvalue weighted by Crippen LogP contribution is 2.22. The molecule has 0 heterocycles.